The first-order valence-corrected chi connectivity index (χ1v) is 7.53. The maximum absolute atomic E-state index is 13.9. The monoisotopic (exact) mass is 325 g/mol. The predicted octanol–water partition coefficient (Wildman–Crippen LogP) is 3.81. The maximum Gasteiger partial charge on any atom is 0.259 e. The van der Waals surface area contributed by atoms with E-state index in [2.05, 4.69) is 0 Å². The van der Waals surface area contributed by atoms with Gasteiger partial charge in [0.1, 0.15) is 11.6 Å². The second-order valence-corrected chi connectivity index (χ2v) is 5.78. The number of carbonyl (C=O) groups excluding carboxylic acids is 1. The van der Waals surface area contributed by atoms with E-state index < -0.39 is 17.7 Å². The van der Waals surface area contributed by atoms with Crippen molar-refractivity contribution in [3.63, 3.8) is 0 Å². The lowest BCUT2D eigenvalue weighted by atomic mass is 10.1. The van der Waals surface area contributed by atoms with Crippen LogP contribution in [0.4, 0.5) is 14.5 Å². The third kappa shape index (κ3) is 2.17. The van der Waals surface area contributed by atoms with Gasteiger partial charge in [-0.05, 0) is 23.6 Å². The summed E-state index contributed by atoms with van der Waals surface area (Å²) in [6, 6.07) is 14.0. The Labute approximate surface area is 136 Å². The summed E-state index contributed by atoms with van der Waals surface area (Å²) in [6.45, 7) is -0.102. The van der Waals surface area contributed by atoms with Crippen molar-refractivity contribution in [1.29, 1.82) is 0 Å². The van der Waals surface area contributed by atoms with E-state index in [1.165, 1.54) is 11.0 Å². The summed E-state index contributed by atoms with van der Waals surface area (Å²) < 4.78 is 26.9. The number of β-amino-alcohol motifs (C(OH)–C–C–N with tert-alkyl or cyclic N) is 1. The molecule has 1 amide bonds. The third-order valence-corrected chi connectivity index (χ3v) is 4.33. The number of halogens is 2. The second kappa shape index (κ2) is 5.39. The van der Waals surface area contributed by atoms with E-state index >= 15 is 0 Å². The molecule has 1 heterocycles. The normalized spacial score (nSPS) is 14.5. The van der Waals surface area contributed by atoms with Crippen LogP contribution in [0.25, 0.3) is 10.8 Å². The van der Waals surface area contributed by atoms with Crippen LogP contribution < -0.4 is 4.90 Å². The lowest BCUT2D eigenvalue weighted by Crippen LogP contribution is -2.31. The number of aliphatic hydroxyl groups is 1. The number of hydrogen-bond acceptors (Lipinski definition) is 2. The first kappa shape index (κ1) is 14.8. The van der Waals surface area contributed by atoms with Crippen LogP contribution in [0.2, 0.25) is 0 Å². The molecule has 3 nitrogen and oxygen atoms in total. The molecule has 4 rings (SSSR count). The molecule has 1 aliphatic heterocycles. The van der Waals surface area contributed by atoms with E-state index in [4.69, 9.17) is 0 Å². The first-order valence-electron chi connectivity index (χ1n) is 7.53. The Bertz CT molecular complexity index is 965. The summed E-state index contributed by atoms with van der Waals surface area (Å²) >= 11 is 0. The van der Waals surface area contributed by atoms with Crippen molar-refractivity contribution in [2.45, 2.75) is 6.10 Å². The van der Waals surface area contributed by atoms with Crippen LogP contribution in [0.1, 0.15) is 22.0 Å². The van der Waals surface area contributed by atoms with E-state index in [1.807, 2.05) is 18.2 Å². The zero-order valence-electron chi connectivity index (χ0n) is 12.5. The molecule has 0 radical (unpaired) electrons. The zero-order valence-corrected chi connectivity index (χ0v) is 12.5. The fraction of sp³-hybridized carbons (Fsp3) is 0.105. The van der Waals surface area contributed by atoms with E-state index in [0.29, 0.717) is 11.3 Å². The van der Waals surface area contributed by atoms with Crippen molar-refractivity contribution in [3.8, 4) is 0 Å². The molecule has 5 heteroatoms. The number of anilines is 1. The average molecular weight is 325 g/mol. The number of carbonyl (C=O) groups is 1. The van der Waals surface area contributed by atoms with Gasteiger partial charge in [-0.25, -0.2) is 8.78 Å². The molecule has 1 atom stereocenters. The molecular formula is C19H13F2NO2. The summed E-state index contributed by atoms with van der Waals surface area (Å²) in [6.07, 6.45) is -1.25. The molecule has 0 bridgehead atoms. The van der Waals surface area contributed by atoms with Crippen LogP contribution >= 0.6 is 0 Å². The van der Waals surface area contributed by atoms with E-state index in [9.17, 15) is 18.7 Å². The molecule has 1 unspecified atom stereocenters. The van der Waals surface area contributed by atoms with Gasteiger partial charge < -0.3 is 10.0 Å². The Morgan fingerprint density at radius 2 is 1.79 bits per heavy atom. The fourth-order valence-corrected chi connectivity index (χ4v) is 3.20. The van der Waals surface area contributed by atoms with Gasteiger partial charge in [0, 0.05) is 22.6 Å². The van der Waals surface area contributed by atoms with Gasteiger partial charge in [-0.3, -0.25) is 4.79 Å². The number of amides is 1. The highest BCUT2D eigenvalue weighted by molar-refractivity contribution is 6.25. The molecule has 1 aliphatic rings. The molecule has 0 saturated carbocycles. The van der Waals surface area contributed by atoms with Gasteiger partial charge in [-0.15, -0.1) is 0 Å². The van der Waals surface area contributed by atoms with Crippen LogP contribution in [0.5, 0.6) is 0 Å². The smallest absolute Gasteiger partial charge is 0.259 e. The van der Waals surface area contributed by atoms with Crippen LogP contribution in [-0.2, 0) is 0 Å². The van der Waals surface area contributed by atoms with Crippen molar-refractivity contribution >= 4 is 22.4 Å². The molecule has 24 heavy (non-hydrogen) atoms. The minimum absolute atomic E-state index is 0.0349. The lowest BCUT2D eigenvalue weighted by molar-refractivity contribution is 0.0967. The summed E-state index contributed by atoms with van der Waals surface area (Å²) in [5, 5.41) is 12.1. The SMILES string of the molecule is O=C1c2cccc3cccc(c23)N1CC(O)c1ccc(F)cc1F. The molecule has 3 aromatic rings. The highest BCUT2D eigenvalue weighted by Gasteiger charge is 2.31. The first-order chi connectivity index (χ1) is 11.6. The van der Waals surface area contributed by atoms with Crippen LogP contribution in [0.15, 0.2) is 54.6 Å². The number of hydrogen-bond donors (Lipinski definition) is 1. The number of aliphatic hydroxyl groups excluding tert-OH is 1. The van der Waals surface area contributed by atoms with Gasteiger partial charge in [0.15, 0.2) is 0 Å². The zero-order chi connectivity index (χ0) is 16.8. The predicted molar refractivity (Wildman–Crippen MR) is 86.9 cm³/mol. The lowest BCUT2D eigenvalue weighted by Gasteiger charge is -2.22. The fourth-order valence-electron chi connectivity index (χ4n) is 3.20. The maximum atomic E-state index is 13.9. The standard InChI is InChI=1S/C19H13F2NO2/c20-12-7-8-13(15(21)9-12)17(23)10-22-16-6-2-4-11-3-1-5-14(18(11)16)19(22)24/h1-9,17,23H,10H2. The molecular weight excluding hydrogens is 312 g/mol. The summed E-state index contributed by atoms with van der Waals surface area (Å²) in [5.41, 5.74) is 1.22. The molecule has 3 aromatic carbocycles. The number of benzene rings is 3. The van der Waals surface area contributed by atoms with Gasteiger partial charge in [0.2, 0.25) is 0 Å². The molecule has 0 aromatic heterocycles. The Morgan fingerprint density at radius 3 is 2.54 bits per heavy atom. The Balaban J connectivity index is 1.71. The summed E-state index contributed by atoms with van der Waals surface area (Å²) in [5.74, 6) is -1.77. The van der Waals surface area contributed by atoms with E-state index in [0.717, 1.165) is 22.9 Å². The van der Waals surface area contributed by atoms with Crippen molar-refractivity contribution in [3.05, 3.63) is 77.4 Å². The van der Waals surface area contributed by atoms with Gasteiger partial charge in [-0.2, -0.15) is 0 Å². The highest BCUT2D eigenvalue weighted by atomic mass is 19.1. The van der Waals surface area contributed by atoms with Crippen molar-refractivity contribution in [1.82, 2.24) is 0 Å². The summed E-state index contributed by atoms with van der Waals surface area (Å²) in [4.78, 5) is 14.1. The van der Waals surface area contributed by atoms with Crippen molar-refractivity contribution < 1.29 is 18.7 Å². The minimum Gasteiger partial charge on any atom is -0.386 e. The second-order valence-electron chi connectivity index (χ2n) is 5.78. The van der Waals surface area contributed by atoms with Gasteiger partial charge >= 0.3 is 0 Å². The molecule has 0 spiro atoms. The third-order valence-electron chi connectivity index (χ3n) is 4.33. The summed E-state index contributed by atoms with van der Waals surface area (Å²) in [7, 11) is 0. The van der Waals surface area contributed by atoms with Crippen LogP contribution in [0.3, 0.4) is 0 Å². The minimum atomic E-state index is -1.25. The van der Waals surface area contributed by atoms with Crippen molar-refractivity contribution in [2.75, 3.05) is 11.4 Å². The van der Waals surface area contributed by atoms with E-state index in [1.54, 1.807) is 18.2 Å². The van der Waals surface area contributed by atoms with Crippen LogP contribution in [-0.4, -0.2) is 17.6 Å². The molecule has 120 valence electrons. The quantitative estimate of drug-likeness (QED) is 0.795. The molecule has 1 N–H and O–H groups in total. The van der Waals surface area contributed by atoms with Crippen molar-refractivity contribution in [2.24, 2.45) is 0 Å². The average Bonchev–Trinajstić information content (AvgIpc) is 2.83. The topological polar surface area (TPSA) is 40.5 Å². The van der Waals surface area contributed by atoms with Crippen LogP contribution in [0, 0.1) is 11.6 Å². The number of nitrogens with zero attached hydrogens (tertiary/aromatic N) is 1. The number of rotatable bonds is 3. The van der Waals surface area contributed by atoms with E-state index in [-0.39, 0.29) is 18.0 Å². The Kier molecular flexibility index (Phi) is 3.32. The largest absolute Gasteiger partial charge is 0.386 e. The molecule has 0 aliphatic carbocycles. The Hall–Kier alpha value is -2.79. The van der Waals surface area contributed by atoms with Gasteiger partial charge in [0.25, 0.3) is 5.91 Å². The highest BCUT2D eigenvalue weighted by Crippen LogP contribution is 2.38. The van der Waals surface area contributed by atoms with Gasteiger partial charge in [-0.1, -0.05) is 30.3 Å². The molecule has 0 fully saturated rings. The molecule has 0 saturated heterocycles. The Morgan fingerprint density at radius 1 is 1.04 bits per heavy atom. The van der Waals surface area contributed by atoms with Gasteiger partial charge in [0.05, 0.1) is 18.3 Å².